The molecule has 0 aromatic heterocycles. The zero-order chi connectivity index (χ0) is 17.7. The van der Waals surface area contributed by atoms with Crippen LogP contribution in [0.2, 0.25) is 0 Å². The van der Waals surface area contributed by atoms with Crippen LogP contribution in [0.15, 0.2) is 0 Å². The lowest BCUT2D eigenvalue weighted by atomic mass is 9.65. The summed E-state index contributed by atoms with van der Waals surface area (Å²) in [6, 6.07) is -0.200. The highest BCUT2D eigenvalue weighted by Gasteiger charge is 2.59. The van der Waals surface area contributed by atoms with Gasteiger partial charge in [0, 0.05) is 25.8 Å². The summed E-state index contributed by atoms with van der Waals surface area (Å²) < 4.78 is 0. The van der Waals surface area contributed by atoms with Crippen LogP contribution in [0.25, 0.3) is 0 Å². The Hall–Kier alpha value is -1.43. The molecular formula is C17H28N2O4. The Morgan fingerprint density at radius 2 is 1.39 bits per heavy atom. The summed E-state index contributed by atoms with van der Waals surface area (Å²) in [5.74, 6) is -0.610. The van der Waals surface area contributed by atoms with Gasteiger partial charge in [-0.2, -0.15) is 0 Å². The van der Waals surface area contributed by atoms with Gasteiger partial charge in [-0.15, -0.1) is 5.06 Å². The molecule has 2 amide bonds. The summed E-state index contributed by atoms with van der Waals surface area (Å²) in [5.41, 5.74) is -1.01. The second-order valence-corrected chi connectivity index (χ2v) is 7.91. The SMILES string of the molecule is CC(=O)ON1C(C)(C)C(C)C(N2C(=O)CCC2=O)C(C)C1(C)C. The molecule has 2 heterocycles. The molecule has 2 unspecified atom stereocenters. The molecule has 0 radical (unpaired) electrons. The van der Waals surface area contributed by atoms with Gasteiger partial charge in [0.15, 0.2) is 0 Å². The first-order valence-electron chi connectivity index (χ1n) is 8.26. The van der Waals surface area contributed by atoms with Crippen LogP contribution < -0.4 is 0 Å². The summed E-state index contributed by atoms with van der Waals surface area (Å²) in [4.78, 5) is 43.1. The van der Waals surface area contributed by atoms with Gasteiger partial charge in [0.2, 0.25) is 11.8 Å². The summed E-state index contributed by atoms with van der Waals surface area (Å²) in [5, 5.41) is 1.75. The van der Waals surface area contributed by atoms with Crippen molar-refractivity contribution < 1.29 is 19.2 Å². The van der Waals surface area contributed by atoms with E-state index in [9.17, 15) is 14.4 Å². The highest BCUT2D eigenvalue weighted by Crippen LogP contribution is 2.48. The van der Waals surface area contributed by atoms with E-state index in [1.54, 1.807) is 5.06 Å². The summed E-state index contributed by atoms with van der Waals surface area (Å²) in [7, 11) is 0. The molecule has 0 aliphatic carbocycles. The fraction of sp³-hybridized carbons (Fsp3) is 0.824. The number of imide groups is 1. The number of piperidine rings is 1. The van der Waals surface area contributed by atoms with Crippen molar-refractivity contribution in [1.29, 1.82) is 0 Å². The highest BCUT2D eigenvalue weighted by molar-refractivity contribution is 6.02. The van der Waals surface area contributed by atoms with Crippen molar-refractivity contribution in [3.05, 3.63) is 0 Å². The summed E-state index contributed by atoms with van der Waals surface area (Å²) in [6.07, 6.45) is 0.590. The maximum absolute atomic E-state index is 12.3. The maximum Gasteiger partial charge on any atom is 0.322 e. The van der Waals surface area contributed by atoms with Crippen molar-refractivity contribution in [2.75, 3.05) is 0 Å². The minimum absolute atomic E-state index is 0.0316. The molecule has 6 nitrogen and oxygen atoms in total. The zero-order valence-electron chi connectivity index (χ0n) is 15.2. The number of nitrogens with zero attached hydrogens (tertiary/aromatic N) is 2. The van der Waals surface area contributed by atoms with E-state index in [2.05, 4.69) is 0 Å². The van der Waals surface area contributed by atoms with E-state index in [4.69, 9.17) is 4.84 Å². The van der Waals surface area contributed by atoms with Crippen LogP contribution in [-0.4, -0.2) is 44.9 Å². The average molecular weight is 324 g/mol. The molecule has 0 spiro atoms. The first-order valence-corrected chi connectivity index (χ1v) is 8.26. The molecule has 2 aliphatic rings. The number of likely N-dealkylation sites (tertiary alicyclic amines) is 1. The lowest BCUT2D eigenvalue weighted by Crippen LogP contribution is -2.72. The van der Waals surface area contributed by atoms with Crippen LogP contribution in [0, 0.1) is 11.8 Å². The van der Waals surface area contributed by atoms with E-state index in [1.165, 1.54) is 11.8 Å². The van der Waals surface area contributed by atoms with Crippen molar-refractivity contribution in [1.82, 2.24) is 9.96 Å². The fourth-order valence-corrected chi connectivity index (χ4v) is 4.12. The zero-order valence-corrected chi connectivity index (χ0v) is 15.2. The van der Waals surface area contributed by atoms with Gasteiger partial charge in [0.25, 0.3) is 0 Å². The molecule has 2 aliphatic heterocycles. The first-order chi connectivity index (χ1) is 10.4. The van der Waals surface area contributed by atoms with Crippen molar-refractivity contribution in [2.45, 2.75) is 78.4 Å². The standard InChI is InChI=1S/C17H28N2O4/c1-10-15(18-13(21)8-9-14(18)22)11(2)17(6,7)19(16(10,4)5)23-12(3)20/h10-11,15H,8-9H2,1-7H3. The van der Waals surface area contributed by atoms with E-state index in [1.807, 2.05) is 41.5 Å². The molecule has 0 aromatic rings. The molecule has 6 heteroatoms. The van der Waals surface area contributed by atoms with Crippen molar-refractivity contribution in [3.63, 3.8) is 0 Å². The normalized spacial score (nSPS) is 33.9. The topological polar surface area (TPSA) is 66.9 Å². The van der Waals surface area contributed by atoms with Gasteiger partial charge < -0.3 is 4.84 Å². The largest absolute Gasteiger partial charge is 0.367 e. The fourth-order valence-electron chi connectivity index (χ4n) is 4.12. The third-order valence-corrected chi connectivity index (χ3v) is 5.91. The summed E-state index contributed by atoms with van der Waals surface area (Å²) in [6.45, 7) is 13.4. The minimum atomic E-state index is -0.504. The molecule has 2 atom stereocenters. The Bertz CT molecular complexity index is 503. The molecule has 23 heavy (non-hydrogen) atoms. The predicted octanol–water partition coefficient (Wildman–Crippen LogP) is 2.13. The molecule has 0 saturated carbocycles. The van der Waals surface area contributed by atoms with Crippen LogP contribution in [0.4, 0.5) is 0 Å². The molecule has 130 valence electrons. The van der Waals surface area contributed by atoms with Crippen molar-refractivity contribution in [2.24, 2.45) is 11.8 Å². The molecule has 0 N–H and O–H groups in total. The Balaban J connectivity index is 2.47. The predicted molar refractivity (Wildman–Crippen MR) is 85.0 cm³/mol. The quantitative estimate of drug-likeness (QED) is 0.728. The van der Waals surface area contributed by atoms with Gasteiger partial charge in [-0.1, -0.05) is 13.8 Å². The van der Waals surface area contributed by atoms with Crippen LogP contribution in [0.3, 0.4) is 0 Å². The van der Waals surface area contributed by atoms with Crippen molar-refractivity contribution in [3.8, 4) is 0 Å². The minimum Gasteiger partial charge on any atom is -0.367 e. The molecule has 0 aromatic carbocycles. The molecule has 0 bridgehead atoms. The third-order valence-electron chi connectivity index (χ3n) is 5.91. The highest BCUT2D eigenvalue weighted by atomic mass is 16.7. The first kappa shape index (κ1) is 17.9. The number of amides is 2. The van der Waals surface area contributed by atoms with Crippen LogP contribution in [0.1, 0.15) is 61.3 Å². The number of rotatable bonds is 2. The molecule has 2 fully saturated rings. The Morgan fingerprint density at radius 3 is 1.74 bits per heavy atom. The maximum atomic E-state index is 12.3. The van der Waals surface area contributed by atoms with Gasteiger partial charge in [0.1, 0.15) is 0 Å². The second-order valence-electron chi connectivity index (χ2n) is 7.91. The van der Waals surface area contributed by atoms with Gasteiger partial charge in [-0.3, -0.25) is 19.3 Å². The van der Waals surface area contributed by atoms with E-state index in [0.29, 0.717) is 12.8 Å². The monoisotopic (exact) mass is 324 g/mol. The van der Waals surface area contributed by atoms with Crippen LogP contribution in [-0.2, 0) is 19.2 Å². The average Bonchev–Trinajstić information content (AvgIpc) is 2.75. The lowest BCUT2D eigenvalue weighted by Gasteiger charge is -2.60. The van der Waals surface area contributed by atoms with Gasteiger partial charge in [-0.25, -0.2) is 0 Å². The van der Waals surface area contributed by atoms with E-state index in [0.717, 1.165) is 0 Å². The number of hydrogen-bond donors (Lipinski definition) is 0. The molecule has 2 rings (SSSR count). The summed E-state index contributed by atoms with van der Waals surface area (Å²) >= 11 is 0. The van der Waals surface area contributed by atoms with Crippen LogP contribution >= 0.6 is 0 Å². The van der Waals surface area contributed by atoms with Crippen LogP contribution in [0.5, 0.6) is 0 Å². The second kappa shape index (κ2) is 5.58. The van der Waals surface area contributed by atoms with E-state index >= 15 is 0 Å². The third kappa shape index (κ3) is 2.67. The van der Waals surface area contributed by atoms with Gasteiger partial charge >= 0.3 is 5.97 Å². The molecule has 2 saturated heterocycles. The number of hydroxylamine groups is 2. The lowest BCUT2D eigenvalue weighted by molar-refractivity contribution is -0.295. The Morgan fingerprint density at radius 1 is 1.00 bits per heavy atom. The van der Waals surface area contributed by atoms with Gasteiger partial charge in [-0.05, 0) is 39.5 Å². The van der Waals surface area contributed by atoms with Gasteiger partial charge in [0.05, 0.1) is 11.1 Å². The smallest absolute Gasteiger partial charge is 0.322 e. The number of hydrogen-bond acceptors (Lipinski definition) is 5. The number of carbonyl (C=O) groups excluding carboxylic acids is 3. The Kier molecular flexibility index (Phi) is 4.35. The van der Waals surface area contributed by atoms with E-state index < -0.39 is 11.1 Å². The molecular weight excluding hydrogens is 296 g/mol. The van der Waals surface area contributed by atoms with E-state index in [-0.39, 0.29) is 35.7 Å². The van der Waals surface area contributed by atoms with Crippen molar-refractivity contribution >= 4 is 17.8 Å². The number of carbonyl (C=O) groups is 3. The Labute approximate surface area is 138 Å².